The van der Waals surface area contributed by atoms with Crippen molar-refractivity contribution in [1.82, 2.24) is 5.32 Å². The number of amides is 1. The minimum atomic E-state index is -1.36. The summed E-state index contributed by atoms with van der Waals surface area (Å²) in [5.41, 5.74) is 5.91. The second kappa shape index (κ2) is 5.51. The topological polar surface area (TPSA) is 113 Å². The van der Waals surface area contributed by atoms with Crippen molar-refractivity contribution in [3.05, 3.63) is 28.8 Å². The van der Waals surface area contributed by atoms with Crippen molar-refractivity contribution < 1.29 is 19.8 Å². The molecular weight excluding hydrogens is 248 g/mol. The van der Waals surface area contributed by atoms with Crippen molar-refractivity contribution >= 4 is 29.2 Å². The van der Waals surface area contributed by atoms with E-state index in [9.17, 15) is 9.59 Å². The number of nitrogen functional groups attached to an aromatic ring is 1. The molecule has 0 heterocycles. The average molecular weight is 259 g/mol. The first-order valence-corrected chi connectivity index (χ1v) is 5.02. The summed E-state index contributed by atoms with van der Waals surface area (Å²) in [5, 5.41) is 19.8. The van der Waals surface area contributed by atoms with E-state index < -0.39 is 24.5 Å². The number of carbonyl (C=O) groups excluding carboxylic acids is 1. The normalized spacial score (nSPS) is 11.9. The molecule has 0 bridgehead atoms. The maximum absolute atomic E-state index is 11.6. The lowest BCUT2D eigenvalue weighted by Gasteiger charge is -2.12. The average Bonchev–Trinajstić information content (AvgIpc) is 2.23. The maximum Gasteiger partial charge on any atom is 0.328 e. The highest BCUT2D eigenvalue weighted by molar-refractivity contribution is 6.31. The van der Waals surface area contributed by atoms with Gasteiger partial charge in [-0.3, -0.25) is 4.79 Å². The first-order chi connectivity index (χ1) is 7.93. The molecule has 5 N–H and O–H groups in total. The van der Waals surface area contributed by atoms with Gasteiger partial charge in [0.2, 0.25) is 0 Å². The zero-order chi connectivity index (χ0) is 13.0. The SMILES string of the molecule is Nc1cc(Cl)cc(C(=O)N[C@H](CO)C(=O)O)c1. The van der Waals surface area contributed by atoms with E-state index in [0.29, 0.717) is 5.69 Å². The van der Waals surface area contributed by atoms with Crippen LogP contribution in [0.4, 0.5) is 5.69 Å². The van der Waals surface area contributed by atoms with Gasteiger partial charge >= 0.3 is 5.97 Å². The van der Waals surface area contributed by atoms with Gasteiger partial charge in [0.25, 0.3) is 5.91 Å². The van der Waals surface area contributed by atoms with E-state index in [2.05, 4.69) is 5.32 Å². The lowest BCUT2D eigenvalue weighted by atomic mass is 10.1. The molecule has 0 fully saturated rings. The zero-order valence-corrected chi connectivity index (χ0v) is 9.44. The summed E-state index contributed by atoms with van der Waals surface area (Å²) in [6, 6.07) is 2.81. The summed E-state index contributed by atoms with van der Waals surface area (Å²) in [7, 11) is 0. The predicted molar refractivity (Wildman–Crippen MR) is 61.8 cm³/mol. The van der Waals surface area contributed by atoms with Crippen LogP contribution in [0.5, 0.6) is 0 Å². The highest BCUT2D eigenvalue weighted by Gasteiger charge is 2.19. The summed E-state index contributed by atoms with van der Waals surface area (Å²) in [4.78, 5) is 22.2. The lowest BCUT2D eigenvalue weighted by Crippen LogP contribution is -2.43. The van der Waals surface area contributed by atoms with Crippen molar-refractivity contribution in [2.24, 2.45) is 0 Å². The molecule has 0 saturated carbocycles. The predicted octanol–water partition coefficient (Wildman–Crippen LogP) is 0.0975. The molecule has 0 saturated heterocycles. The second-order valence-electron chi connectivity index (χ2n) is 3.32. The van der Waals surface area contributed by atoms with Crippen LogP contribution in [0.2, 0.25) is 5.02 Å². The standard InChI is InChI=1S/C10H11ClN2O4/c11-6-1-5(2-7(12)3-6)9(15)13-8(4-14)10(16)17/h1-3,8,14H,4,12H2,(H,13,15)(H,16,17)/t8-/m1/s1. The molecule has 1 aromatic rings. The Hall–Kier alpha value is -1.79. The number of hydrogen-bond acceptors (Lipinski definition) is 4. The van der Waals surface area contributed by atoms with Gasteiger partial charge in [0, 0.05) is 16.3 Å². The van der Waals surface area contributed by atoms with Crippen LogP contribution in [0.3, 0.4) is 0 Å². The van der Waals surface area contributed by atoms with Crippen molar-refractivity contribution in [1.29, 1.82) is 0 Å². The van der Waals surface area contributed by atoms with E-state index in [4.69, 9.17) is 27.5 Å². The highest BCUT2D eigenvalue weighted by Crippen LogP contribution is 2.16. The van der Waals surface area contributed by atoms with Crippen molar-refractivity contribution in [2.75, 3.05) is 12.3 Å². The fourth-order valence-electron chi connectivity index (χ4n) is 1.17. The number of hydrogen-bond donors (Lipinski definition) is 4. The van der Waals surface area contributed by atoms with Gasteiger partial charge in [-0.25, -0.2) is 4.79 Å². The molecule has 7 heteroatoms. The van der Waals surface area contributed by atoms with E-state index in [1.165, 1.54) is 18.2 Å². The summed E-state index contributed by atoms with van der Waals surface area (Å²) < 4.78 is 0. The van der Waals surface area contributed by atoms with Crippen LogP contribution in [-0.4, -0.2) is 34.7 Å². The summed E-state index contributed by atoms with van der Waals surface area (Å²) in [5.74, 6) is -1.99. The number of halogens is 1. The number of carboxylic acid groups (broad SMARTS) is 1. The summed E-state index contributed by atoms with van der Waals surface area (Å²) in [6.45, 7) is -0.697. The number of nitrogens with two attached hydrogens (primary N) is 1. The molecule has 1 aromatic carbocycles. The van der Waals surface area contributed by atoms with Crippen LogP contribution >= 0.6 is 11.6 Å². The molecule has 0 spiro atoms. The van der Waals surface area contributed by atoms with E-state index >= 15 is 0 Å². The Labute approximate surface area is 102 Å². The minimum Gasteiger partial charge on any atom is -0.480 e. The Morgan fingerprint density at radius 1 is 1.41 bits per heavy atom. The Morgan fingerprint density at radius 2 is 2.06 bits per heavy atom. The number of benzene rings is 1. The number of carbonyl (C=O) groups is 2. The van der Waals surface area contributed by atoms with E-state index in [-0.39, 0.29) is 10.6 Å². The smallest absolute Gasteiger partial charge is 0.328 e. The lowest BCUT2D eigenvalue weighted by molar-refractivity contribution is -0.140. The van der Waals surface area contributed by atoms with Crippen LogP contribution < -0.4 is 11.1 Å². The zero-order valence-electron chi connectivity index (χ0n) is 8.68. The van der Waals surface area contributed by atoms with Crippen LogP contribution in [0.1, 0.15) is 10.4 Å². The van der Waals surface area contributed by atoms with Crippen LogP contribution in [-0.2, 0) is 4.79 Å². The van der Waals surface area contributed by atoms with Gasteiger partial charge in [-0.2, -0.15) is 0 Å². The molecular formula is C10H11ClN2O4. The van der Waals surface area contributed by atoms with Gasteiger partial charge in [0.1, 0.15) is 0 Å². The third-order valence-corrected chi connectivity index (χ3v) is 2.19. The maximum atomic E-state index is 11.6. The third kappa shape index (κ3) is 3.61. The Bertz CT molecular complexity index is 430. The Kier molecular flexibility index (Phi) is 4.30. The second-order valence-corrected chi connectivity index (χ2v) is 3.76. The largest absolute Gasteiger partial charge is 0.480 e. The van der Waals surface area contributed by atoms with Gasteiger partial charge in [0.15, 0.2) is 6.04 Å². The van der Waals surface area contributed by atoms with Gasteiger partial charge in [-0.05, 0) is 18.2 Å². The Morgan fingerprint density at radius 3 is 2.53 bits per heavy atom. The minimum absolute atomic E-state index is 0.134. The van der Waals surface area contributed by atoms with Gasteiger partial charge in [-0.1, -0.05) is 11.6 Å². The number of rotatable bonds is 4. The van der Waals surface area contributed by atoms with Crippen molar-refractivity contribution in [2.45, 2.75) is 6.04 Å². The number of carboxylic acids is 1. The van der Waals surface area contributed by atoms with E-state index in [1.54, 1.807) is 0 Å². The fourth-order valence-corrected chi connectivity index (χ4v) is 1.41. The van der Waals surface area contributed by atoms with Gasteiger partial charge < -0.3 is 21.3 Å². The first-order valence-electron chi connectivity index (χ1n) is 4.64. The molecule has 92 valence electrons. The number of aliphatic carboxylic acids is 1. The highest BCUT2D eigenvalue weighted by atomic mass is 35.5. The van der Waals surface area contributed by atoms with Crippen molar-refractivity contribution in [3.8, 4) is 0 Å². The van der Waals surface area contributed by atoms with Gasteiger partial charge in [-0.15, -0.1) is 0 Å². The summed E-state index contributed by atoms with van der Waals surface area (Å²) >= 11 is 5.70. The molecule has 0 unspecified atom stereocenters. The van der Waals surface area contributed by atoms with E-state index in [1.807, 2.05) is 0 Å². The monoisotopic (exact) mass is 258 g/mol. The summed E-state index contributed by atoms with van der Waals surface area (Å²) in [6.07, 6.45) is 0. The van der Waals surface area contributed by atoms with Crippen LogP contribution in [0.25, 0.3) is 0 Å². The van der Waals surface area contributed by atoms with E-state index in [0.717, 1.165) is 0 Å². The number of aliphatic hydroxyl groups excluding tert-OH is 1. The molecule has 1 rings (SSSR count). The molecule has 17 heavy (non-hydrogen) atoms. The molecule has 0 aliphatic rings. The fraction of sp³-hybridized carbons (Fsp3) is 0.200. The third-order valence-electron chi connectivity index (χ3n) is 1.97. The quantitative estimate of drug-likeness (QED) is 0.572. The molecule has 0 radical (unpaired) electrons. The first kappa shape index (κ1) is 13.3. The van der Waals surface area contributed by atoms with Gasteiger partial charge in [0.05, 0.1) is 6.61 Å². The molecule has 0 aliphatic carbocycles. The van der Waals surface area contributed by atoms with Crippen LogP contribution in [0, 0.1) is 0 Å². The Balaban J connectivity index is 2.86. The number of aliphatic hydroxyl groups is 1. The molecule has 0 aromatic heterocycles. The van der Waals surface area contributed by atoms with Crippen molar-refractivity contribution in [3.63, 3.8) is 0 Å². The number of nitrogens with one attached hydrogen (secondary N) is 1. The molecule has 6 nitrogen and oxygen atoms in total. The molecule has 1 atom stereocenters. The number of anilines is 1. The molecule has 1 amide bonds. The van der Waals surface area contributed by atoms with Crippen LogP contribution in [0.15, 0.2) is 18.2 Å². The molecule has 0 aliphatic heterocycles.